The van der Waals surface area contributed by atoms with E-state index in [1.165, 1.54) is 25.6 Å². The maximum Gasteiger partial charge on any atom is 0.341 e. The van der Waals surface area contributed by atoms with Crippen LogP contribution in [0.1, 0.15) is 23.2 Å². The first kappa shape index (κ1) is 25.3. The van der Waals surface area contributed by atoms with Crippen molar-refractivity contribution in [1.29, 1.82) is 0 Å². The highest BCUT2D eigenvalue weighted by Crippen LogP contribution is 2.51. The number of aromatic nitrogens is 3. The topological polar surface area (TPSA) is 133 Å². The smallest absolute Gasteiger partial charge is 0.341 e. The van der Waals surface area contributed by atoms with Crippen molar-refractivity contribution in [3.05, 3.63) is 74.6 Å². The maximum atomic E-state index is 13.1. The van der Waals surface area contributed by atoms with Gasteiger partial charge in [0.05, 0.1) is 35.1 Å². The molecule has 1 aliphatic heterocycles. The summed E-state index contributed by atoms with van der Waals surface area (Å²) in [7, 11) is 1.52. The van der Waals surface area contributed by atoms with E-state index in [0.717, 1.165) is 18.5 Å². The van der Waals surface area contributed by atoms with Crippen LogP contribution >= 0.6 is 23.2 Å². The van der Waals surface area contributed by atoms with Crippen LogP contribution in [0, 0.1) is 5.92 Å². The number of ether oxygens (including phenoxy) is 2. The molecule has 1 saturated carbocycles. The molecule has 3 aromatic heterocycles. The lowest BCUT2D eigenvalue weighted by molar-refractivity contribution is 0.0695. The molecule has 200 valence electrons. The molecule has 0 radical (unpaired) electrons. The lowest BCUT2D eigenvalue weighted by Gasteiger charge is -2.31. The van der Waals surface area contributed by atoms with Crippen LogP contribution in [0.2, 0.25) is 10.0 Å². The average Bonchev–Trinajstić information content (AvgIpc) is 3.58. The minimum Gasteiger partial charge on any atom is -0.481 e. The second-order valence-corrected chi connectivity index (χ2v) is 10.4. The van der Waals surface area contributed by atoms with Gasteiger partial charge in [-0.2, -0.15) is 4.98 Å². The van der Waals surface area contributed by atoms with Gasteiger partial charge in [0, 0.05) is 36.0 Å². The second-order valence-electron chi connectivity index (χ2n) is 9.62. The van der Waals surface area contributed by atoms with Gasteiger partial charge in [-0.15, -0.1) is 0 Å². The number of aromatic carboxylic acids is 1. The van der Waals surface area contributed by atoms with Gasteiger partial charge in [-0.3, -0.25) is 4.79 Å². The maximum absolute atomic E-state index is 13.1. The Morgan fingerprint density at radius 1 is 1.18 bits per heavy atom. The Labute approximate surface area is 232 Å². The fraction of sp³-hybridized carbons (Fsp3) is 0.259. The minimum absolute atomic E-state index is 0.0252. The number of piperidine rings is 1. The molecule has 3 N–H and O–H groups in total. The van der Waals surface area contributed by atoms with Crippen LogP contribution in [0.3, 0.4) is 0 Å². The summed E-state index contributed by atoms with van der Waals surface area (Å²) < 4.78 is 12.8. The molecule has 2 aliphatic rings. The van der Waals surface area contributed by atoms with E-state index < -0.39 is 11.4 Å². The monoisotopic (exact) mass is 567 g/mol. The molecule has 3 atom stereocenters. The van der Waals surface area contributed by atoms with E-state index >= 15 is 0 Å². The molecule has 1 aromatic carbocycles. The van der Waals surface area contributed by atoms with Gasteiger partial charge in [0.1, 0.15) is 23.0 Å². The van der Waals surface area contributed by atoms with Crippen LogP contribution in [-0.4, -0.2) is 51.4 Å². The summed E-state index contributed by atoms with van der Waals surface area (Å²) in [6.07, 6.45) is 4.74. The van der Waals surface area contributed by atoms with Gasteiger partial charge in [-0.1, -0.05) is 23.2 Å². The van der Waals surface area contributed by atoms with Crippen molar-refractivity contribution in [2.45, 2.75) is 24.9 Å². The molecular weight excluding hydrogens is 545 g/mol. The van der Waals surface area contributed by atoms with E-state index in [1.54, 1.807) is 28.8 Å². The van der Waals surface area contributed by atoms with Crippen molar-refractivity contribution in [3.63, 3.8) is 0 Å². The summed E-state index contributed by atoms with van der Waals surface area (Å²) >= 11 is 13.1. The van der Waals surface area contributed by atoms with Crippen molar-refractivity contribution in [2.75, 3.05) is 24.4 Å². The highest BCUT2D eigenvalue weighted by Gasteiger charge is 2.52. The van der Waals surface area contributed by atoms with Gasteiger partial charge < -0.3 is 29.8 Å². The number of hydrogen-bond donors (Lipinski definition) is 2. The van der Waals surface area contributed by atoms with Gasteiger partial charge in [0.25, 0.3) is 0 Å². The number of carboxylic acids is 1. The number of anilines is 2. The zero-order chi connectivity index (χ0) is 27.4. The average molecular weight is 568 g/mol. The number of hydrogen-bond acceptors (Lipinski definition) is 8. The van der Waals surface area contributed by atoms with Gasteiger partial charge in [0.15, 0.2) is 0 Å². The number of carboxylic acid groups (broad SMARTS) is 1. The van der Waals surface area contributed by atoms with Crippen LogP contribution < -0.4 is 25.5 Å². The quantitative estimate of drug-likeness (QED) is 0.332. The number of halogens is 2. The van der Waals surface area contributed by atoms with Crippen molar-refractivity contribution in [1.82, 2.24) is 14.5 Å². The second kappa shape index (κ2) is 9.62. The molecule has 10 nitrogen and oxygen atoms in total. The zero-order valence-electron chi connectivity index (χ0n) is 20.7. The Kier molecular flexibility index (Phi) is 6.23. The Morgan fingerprint density at radius 3 is 2.74 bits per heavy atom. The number of benzene rings is 1. The van der Waals surface area contributed by atoms with Crippen LogP contribution in [0.15, 0.2) is 53.6 Å². The molecule has 4 aromatic rings. The Balaban J connectivity index is 1.43. The van der Waals surface area contributed by atoms with E-state index in [1.807, 2.05) is 6.07 Å². The fourth-order valence-corrected chi connectivity index (χ4v) is 5.79. The number of fused-ring (bicyclic) bond motifs is 2. The number of carbonyl (C=O) groups is 1. The molecule has 12 heteroatoms. The molecule has 1 saturated heterocycles. The normalized spacial score (nSPS) is 19.7. The molecule has 0 amide bonds. The third-order valence-corrected chi connectivity index (χ3v) is 7.83. The lowest BCUT2D eigenvalue weighted by atomic mass is 10.1. The minimum atomic E-state index is -1.33. The predicted molar refractivity (Wildman–Crippen MR) is 148 cm³/mol. The molecule has 0 unspecified atom stereocenters. The van der Waals surface area contributed by atoms with E-state index in [2.05, 4.69) is 14.9 Å². The van der Waals surface area contributed by atoms with Crippen LogP contribution in [0.4, 0.5) is 11.5 Å². The van der Waals surface area contributed by atoms with Crippen LogP contribution in [0.25, 0.3) is 16.6 Å². The number of pyridine rings is 3. The fourth-order valence-electron chi connectivity index (χ4n) is 5.36. The van der Waals surface area contributed by atoms with Crippen molar-refractivity contribution >= 4 is 51.6 Å². The number of rotatable bonds is 7. The van der Waals surface area contributed by atoms with Gasteiger partial charge in [-0.05, 0) is 43.0 Å². The third kappa shape index (κ3) is 4.49. The Hall–Kier alpha value is -4.02. The first-order chi connectivity index (χ1) is 18.7. The van der Waals surface area contributed by atoms with Crippen molar-refractivity contribution in [2.24, 2.45) is 5.92 Å². The summed E-state index contributed by atoms with van der Waals surface area (Å²) in [5.41, 5.74) is 6.70. The summed E-state index contributed by atoms with van der Waals surface area (Å²) in [5, 5.41) is 10.6. The molecule has 0 spiro atoms. The summed E-state index contributed by atoms with van der Waals surface area (Å²) in [6.45, 7) is 0.312. The van der Waals surface area contributed by atoms with Crippen LogP contribution in [0.5, 0.6) is 11.8 Å². The first-order valence-corrected chi connectivity index (χ1v) is 13.0. The predicted octanol–water partition coefficient (Wildman–Crippen LogP) is 4.42. The van der Waals surface area contributed by atoms with Crippen molar-refractivity contribution < 1.29 is 19.4 Å². The molecular formula is C27H23Cl2N5O5. The highest BCUT2D eigenvalue weighted by molar-refractivity contribution is 6.34. The first-order valence-electron chi connectivity index (χ1n) is 12.2. The zero-order valence-corrected chi connectivity index (χ0v) is 22.2. The Morgan fingerprint density at radius 2 is 2.00 bits per heavy atom. The Bertz CT molecular complexity index is 1690. The largest absolute Gasteiger partial charge is 0.481 e. The highest BCUT2D eigenvalue weighted by atomic mass is 35.5. The SMILES string of the molecule is COc1ccc(Cl)c(OC[C@H]2C[C@H]3C[C@H]3N2c2cc3c(cc2Cl)c(=O)c(C(=O)O)cn3-c2ccnc(N)c2)n1. The lowest BCUT2D eigenvalue weighted by Crippen LogP contribution is -2.37. The van der Waals surface area contributed by atoms with E-state index in [0.29, 0.717) is 39.7 Å². The van der Waals surface area contributed by atoms with E-state index in [-0.39, 0.29) is 34.7 Å². The number of nitrogen functional groups attached to an aromatic ring is 1. The van der Waals surface area contributed by atoms with Gasteiger partial charge >= 0.3 is 5.97 Å². The van der Waals surface area contributed by atoms with Gasteiger partial charge in [-0.25, -0.2) is 9.78 Å². The molecule has 1 aliphatic carbocycles. The van der Waals surface area contributed by atoms with E-state index in [4.69, 9.17) is 38.4 Å². The third-order valence-electron chi connectivity index (χ3n) is 7.24. The molecule has 39 heavy (non-hydrogen) atoms. The van der Waals surface area contributed by atoms with Crippen LogP contribution in [-0.2, 0) is 0 Å². The summed E-state index contributed by atoms with van der Waals surface area (Å²) in [6, 6.07) is 10.2. The molecule has 0 bridgehead atoms. The summed E-state index contributed by atoms with van der Waals surface area (Å²) in [5.74, 6) is 0.101. The number of nitrogens with two attached hydrogens (primary N) is 1. The number of methoxy groups -OCH3 is 1. The molecule has 2 fully saturated rings. The number of nitrogens with zero attached hydrogens (tertiary/aromatic N) is 4. The van der Waals surface area contributed by atoms with Crippen molar-refractivity contribution in [3.8, 4) is 17.4 Å². The molecule has 4 heterocycles. The van der Waals surface area contributed by atoms with E-state index in [9.17, 15) is 14.7 Å². The standard InChI is InChI=1S/C27H23Cl2N5O5/c1-38-24-3-2-18(28)26(32-24)39-12-15-6-13-7-20(13)34(15)22-10-21-16(9-19(22)29)25(35)17(27(36)37)11-33(21)14-4-5-31-23(30)8-14/h2-5,8-11,13,15,20H,6-7,12H2,1H3,(H2,30,31)(H,36,37)/t13-,15+,20+/m0/s1. The summed E-state index contributed by atoms with van der Waals surface area (Å²) in [4.78, 5) is 35.6. The molecule has 6 rings (SSSR count). The van der Waals surface area contributed by atoms with Gasteiger partial charge in [0.2, 0.25) is 17.2 Å².